The molecule has 0 fully saturated rings. The highest BCUT2D eigenvalue weighted by Crippen LogP contribution is 2.25. The minimum Gasteiger partial charge on any atom is -0.494 e. The minimum absolute atomic E-state index is 0.407. The smallest absolute Gasteiger partial charge is 0.119 e. The lowest BCUT2D eigenvalue weighted by atomic mass is 9.93. The number of ether oxygens (including phenoxy) is 1. The van der Waals surface area contributed by atoms with E-state index in [4.69, 9.17) is 4.74 Å². The lowest BCUT2D eigenvalue weighted by Crippen LogP contribution is -1.96. The summed E-state index contributed by atoms with van der Waals surface area (Å²) in [7, 11) is 0. The highest BCUT2D eigenvalue weighted by atomic mass is 16.5. The Labute approximate surface area is 103 Å². The van der Waals surface area contributed by atoms with Crippen molar-refractivity contribution in [1.82, 2.24) is 0 Å². The lowest BCUT2D eigenvalue weighted by Gasteiger charge is -2.13. The summed E-state index contributed by atoms with van der Waals surface area (Å²) in [5, 5.41) is 0. The summed E-state index contributed by atoms with van der Waals surface area (Å²) in [6.07, 6.45) is 0. The zero-order valence-corrected chi connectivity index (χ0v) is 10.1. The first-order chi connectivity index (χ1) is 8.31. The van der Waals surface area contributed by atoms with Crippen molar-refractivity contribution in [1.29, 1.82) is 0 Å². The van der Waals surface area contributed by atoms with Gasteiger partial charge in [-0.2, -0.15) is 0 Å². The van der Waals surface area contributed by atoms with Crippen molar-refractivity contribution in [3.05, 3.63) is 72.6 Å². The number of benzene rings is 2. The molecule has 0 heterocycles. The standard InChI is InChI=1S/C16H17O/c1-3-17-16-11-9-15(10-12-16)13(2)14-7-5-4-6-8-14/h4-13H,1,3H2,2H3. The van der Waals surface area contributed by atoms with Gasteiger partial charge in [-0.1, -0.05) is 49.4 Å². The molecule has 0 amide bonds. The Kier molecular flexibility index (Phi) is 3.81. The quantitative estimate of drug-likeness (QED) is 0.762. The Balaban J connectivity index is 2.17. The molecule has 1 unspecified atom stereocenters. The zero-order valence-electron chi connectivity index (χ0n) is 10.1. The fourth-order valence-electron chi connectivity index (χ4n) is 1.90. The molecule has 0 bridgehead atoms. The molecule has 0 saturated heterocycles. The van der Waals surface area contributed by atoms with Crippen molar-refractivity contribution < 1.29 is 4.74 Å². The maximum Gasteiger partial charge on any atom is 0.119 e. The molecule has 0 aliphatic heterocycles. The second-order valence-electron chi connectivity index (χ2n) is 4.05. The first-order valence-electron chi connectivity index (χ1n) is 5.88. The fraction of sp³-hybridized carbons (Fsp3) is 0.188. The van der Waals surface area contributed by atoms with Crippen LogP contribution in [0.2, 0.25) is 0 Å². The predicted octanol–water partition coefficient (Wildman–Crippen LogP) is 4.05. The van der Waals surface area contributed by atoms with Crippen LogP contribution in [0.5, 0.6) is 5.75 Å². The van der Waals surface area contributed by atoms with E-state index in [-0.39, 0.29) is 0 Å². The van der Waals surface area contributed by atoms with Gasteiger partial charge in [-0.05, 0) is 30.2 Å². The molecule has 0 saturated carbocycles. The number of rotatable bonds is 4. The van der Waals surface area contributed by atoms with E-state index in [0.29, 0.717) is 12.5 Å². The molecule has 2 aromatic rings. The largest absolute Gasteiger partial charge is 0.494 e. The van der Waals surface area contributed by atoms with Gasteiger partial charge in [0, 0.05) is 5.92 Å². The molecule has 0 aliphatic carbocycles. The van der Waals surface area contributed by atoms with E-state index in [9.17, 15) is 0 Å². The van der Waals surface area contributed by atoms with Gasteiger partial charge in [0.05, 0.1) is 6.61 Å². The minimum atomic E-state index is 0.407. The van der Waals surface area contributed by atoms with Crippen LogP contribution in [-0.2, 0) is 0 Å². The summed E-state index contributed by atoms with van der Waals surface area (Å²) < 4.78 is 5.34. The van der Waals surface area contributed by atoms with E-state index < -0.39 is 0 Å². The van der Waals surface area contributed by atoms with Gasteiger partial charge in [-0.25, -0.2) is 0 Å². The molecular formula is C16H17O. The average molecular weight is 225 g/mol. The molecular weight excluding hydrogens is 208 g/mol. The van der Waals surface area contributed by atoms with Gasteiger partial charge in [0.2, 0.25) is 0 Å². The summed E-state index contributed by atoms with van der Waals surface area (Å²) in [6, 6.07) is 18.7. The van der Waals surface area contributed by atoms with Crippen LogP contribution >= 0.6 is 0 Å². The third-order valence-corrected chi connectivity index (χ3v) is 2.95. The van der Waals surface area contributed by atoms with Crippen molar-refractivity contribution in [2.45, 2.75) is 12.8 Å². The second kappa shape index (κ2) is 5.53. The van der Waals surface area contributed by atoms with Gasteiger partial charge in [0.15, 0.2) is 0 Å². The van der Waals surface area contributed by atoms with Gasteiger partial charge in [0.1, 0.15) is 5.75 Å². The SMILES string of the molecule is [CH2]COc1ccc(C(C)c2ccccc2)cc1. The van der Waals surface area contributed by atoms with Crippen molar-refractivity contribution in [2.24, 2.45) is 0 Å². The second-order valence-corrected chi connectivity index (χ2v) is 4.05. The Hall–Kier alpha value is -1.76. The predicted molar refractivity (Wildman–Crippen MR) is 71.3 cm³/mol. The molecule has 1 nitrogen and oxygen atoms in total. The van der Waals surface area contributed by atoms with Gasteiger partial charge in [-0.15, -0.1) is 0 Å². The van der Waals surface area contributed by atoms with E-state index in [1.54, 1.807) is 0 Å². The van der Waals surface area contributed by atoms with Crippen LogP contribution in [0.4, 0.5) is 0 Å². The summed E-state index contributed by atoms with van der Waals surface area (Å²) in [6.45, 7) is 6.34. The zero-order chi connectivity index (χ0) is 12.1. The molecule has 2 aromatic carbocycles. The molecule has 0 aromatic heterocycles. The molecule has 0 spiro atoms. The van der Waals surface area contributed by atoms with Crippen LogP contribution in [0.15, 0.2) is 54.6 Å². The highest BCUT2D eigenvalue weighted by Gasteiger charge is 2.07. The van der Waals surface area contributed by atoms with Crippen LogP contribution < -0.4 is 4.74 Å². The van der Waals surface area contributed by atoms with Crippen LogP contribution in [0.25, 0.3) is 0 Å². The first-order valence-corrected chi connectivity index (χ1v) is 5.88. The van der Waals surface area contributed by atoms with Crippen LogP contribution in [0.3, 0.4) is 0 Å². The topological polar surface area (TPSA) is 9.23 Å². The van der Waals surface area contributed by atoms with E-state index in [0.717, 1.165) is 5.75 Å². The van der Waals surface area contributed by atoms with E-state index in [1.165, 1.54) is 11.1 Å². The number of hydrogen-bond acceptors (Lipinski definition) is 1. The molecule has 0 N–H and O–H groups in total. The third-order valence-electron chi connectivity index (χ3n) is 2.95. The summed E-state index contributed by atoms with van der Waals surface area (Å²) in [5.74, 6) is 1.29. The van der Waals surface area contributed by atoms with Crippen molar-refractivity contribution in [3.8, 4) is 5.75 Å². The van der Waals surface area contributed by atoms with E-state index in [1.807, 2.05) is 18.2 Å². The van der Waals surface area contributed by atoms with Crippen molar-refractivity contribution in [2.75, 3.05) is 6.61 Å². The Bertz CT molecular complexity index is 445. The molecule has 87 valence electrons. The van der Waals surface area contributed by atoms with Crippen LogP contribution in [-0.4, -0.2) is 6.61 Å². The Morgan fingerprint density at radius 3 is 2.12 bits per heavy atom. The van der Waals surface area contributed by atoms with Gasteiger partial charge in [0.25, 0.3) is 0 Å². The summed E-state index contributed by atoms with van der Waals surface area (Å²) in [4.78, 5) is 0. The van der Waals surface area contributed by atoms with E-state index >= 15 is 0 Å². The molecule has 0 aliphatic rings. The Morgan fingerprint density at radius 1 is 0.941 bits per heavy atom. The molecule has 1 heteroatoms. The Morgan fingerprint density at radius 2 is 1.53 bits per heavy atom. The van der Waals surface area contributed by atoms with Gasteiger partial charge in [-0.3, -0.25) is 0 Å². The molecule has 17 heavy (non-hydrogen) atoms. The van der Waals surface area contributed by atoms with Gasteiger partial charge >= 0.3 is 0 Å². The maximum atomic E-state index is 5.34. The summed E-state index contributed by atoms with van der Waals surface area (Å²) in [5.41, 5.74) is 2.63. The van der Waals surface area contributed by atoms with Crippen LogP contribution in [0, 0.1) is 6.92 Å². The van der Waals surface area contributed by atoms with Crippen molar-refractivity contribution in [3.63, 3.8) is 0 Å². The highest BCUT2D eigenvalue weighted by molar-refractivity contribution is 5.35. The third kappa shape index (κ3) is 2.88. The molecule has 2 rings (SSSR count). The van der Waals surface area contributed by atoms with E-state index in [2.05, 4.69) is 50.2 Å². The summed E-state index contributed by atoms with van der Waals surface area (Å²) >= 11 is 0. The normalized spacial score (nSPS) is 12.1. The molecule has 1 atom stereocenters. The molecule has 1 radical (unpaired) electrons. The number of hydrogen-bond donors (Lipinski definition) is 0. The average Bonchev–Trinajstić information content (AvgIpc) is 2.40. The van der Waals surface area contributed by atoms with Crippen molar-refractivity contribution >= 4 is 0 Å². The van der Waals surface area contributed by atoms with Crippen LogP contribution in [0.1, 0.15) is 24.0 Å². The maximum absolute atomic E-state index is 5.34. The fourth-order valence-corrected chi connectivity index (χ4v) is 1.90. The first kappa shape index (κ1) is 11.7. The van der Waals surface area contributed by atoms with Gasteiger partial charge < -0.3 is 4.74 Å². The lowest BCUT2D eigenvalue weighted by molar-refractivity contribution is 0.361. The monoisotopic (exact) mass is 225 g/mol.